The molecule has 0 saturated heterocycles. The molecule has 25 heavy (non-hydrogen) atoms. The van der Waals surface area contributed by atoms with Gasteiger partial charge < -0.3 is 15.0 Å². The van der Waals surface area contributed by atoms with Crippen LogP contribution in [0, 0.1) is 0 Å². The summed E-state index contributed by atoms with van der Waals surface area (Å²) in [4.78, 5) is 14.1. The molecule has 0 bridgehead atoms. The molecule has 2 aromatic rings. The molecule has 7 heteroatoms. The Bertz CT molecular complexity index is 829. The van der Waals surface area contributed by atoms with Gasteiger partial charge in [-0.25, -0.2) is 4.79 Å². The molecule has 1 atom stereocenters. The third-order valence-corrected chi connectivity index (χ3v) is 4.72. The molecule has 0 radical (unpaired) electrons. The predicted molar refractivity (Wildman–Crippen MR) is 98.7 cm³/mol. The molecular weight excluding hydrogens is 336 g/mol. The highest BCUT2D eigenvalue weighted by Gasteiger charge is 2.33. The van der Waals surface area contributed by atoms with Crippen molar-refractivity contribution in [2.75, 3.05) is 14.2 Å². The van der Waals surface area contributed by atoms with Crippen molar-refractivity contribution in [3.63, 3.8) is 0 Å². The summed E-state index contributed by atoms with van der Waals surface area (Å²) >= 11 is 5.37. The maximum atomic E-state index is 12.3. The average molecular weight is 356 g/mol. The molecule has 1 aromatic carbocycles. The van der Waals surface area contributed by atoms with Crippen molar-refractivity contribution in [2.45, 2.75) is 19.5 Å². The van der Waals surface area contributed by atoms with E-state index in [1.54, 1.807) is 11.1 Å². The lowest BCUT2D eigenvalue weighted by Crippen LogP contribution is -2.45. The Balaban J connectivity index is 1.92. The maximum absolute atomic E-state index is 12.3. The van der Waals surface area contributed by atoms with Gasteiger partial charge in [-0.2, -0.15) is 5.10 Å². The summed E-state index contributed by atoms with van der Waals surface area (Å²) in [6, 6.07) is 9.71. The second kappa shape index (κ2) is 7.06. The molecule has 0 amide bonds. The molecule has 0 spiro atoms. The molecule has 1 aliphatic rings. The van der Waals surface area contributed by atoms with Crippen molar-refractivity contribution in [3.05, 3.63) is 65.1 Å². The second-order valence-electron chi connectivity index (χ2n) is 5.89. The third kappa shape index (κ3) is 3.41. The largest absolute Gasteiger partial charge is 0.466 e. The van der Waals surface area contributed by atoms with E-state index in [1.165, 1.54) is 7.11 Å². The van der Waals surface area contributed by atoms with Gasteiger partial charge >= 0.3 is 5.97 Å². The van der Waals surface area contributed by atoms with Crippen molar-refractivity contribution in [2.24, 2.45) is 0 Å². The number of hydrogen-bond acceptors (Lipinski definition) is 4. The molecular formula is C18H20N4O2S. The highest BCUT2D eigenvalue weighted by molar-refractivity contribution is 7.80. The number of aromatic nitrogens is 2. The molecule has 1 unspecified atom stereocenters. The van der Waals surface area contributed by atoms with Crippen LogP contribution in [0.15, 0.2) is 54.0 Å². The zero-order valence-corrected chi connectivity index (χ0v) is 15.2. The number of carbonyl (C=O) groups is 1. The summed E-state index contributed by atoms with van der Waals surface area (Å²) in [5.41, 5.74) is 3.34. The highest BCUT2D eigenvalue weighted by atomic mass is 32.1. The Kier molecular flexibility index (Phi) is 4.85. The number of ether oxygens (including phenoxy) is 1. The van der Waals surface area contributed by atoms with Crippen LogP contribution in [0.3, 0.4) is 0 Å². The summed E-state index contributed by atoms with van der Waals surface area (Å²) in [5, 5.41) is 8.18. The zero-order chi connectivity index (χ0) is 18.0. The van der Waals surface area contributed by atoms with Crippen molar-refractivity contribution < 1.29 is 9.53 Å². The van der Waals surface area contributed by atoms with E-state index < -0.39 is 0 Å². The van der Waals surface area contributed by atoms with Gasteiger partial charge in [0, 0.05) is 24.5 Å². The van der Waals surface area contributed by atoms with Crippen LogP contribution in [0.4, 0.5) is 0 Å². The van der Waals surface area contributed by atoms with E-state index in [1.807, 2.05) is 55.2 Å². The Labute approximate surface area is 152 Å². The number of thiocarbonyl (C=S) groups is 1. The SMILES string of the molecule is COC(=O)C1=C(C)N(C)C(=S)NC1c1cnn(Cc2ccccc2)c1. The summed E-state index contributed by atoms with van der Waals surface area (Å²) in [5.74, 6) is -0.375. The Morgan fingerprint density at radius 1 is 1.36 bits per heavy atom. The maximum Gasteiger partial charge on any atom is 0.337 e. The van der Waals surface area contributed by atoms with Crippen molar-refractivity contribution in [3.8, 4) is 0 Å². The zero-order valence-electron chi connectivity index (χ0n) is 14.4. The number of esters is 1. The minimum absolute atomic E-state index is 0.374. The standard InChI is InChI=1S/C18H20N4O2S/c1-12-15(17(23)24-3)16(20-18(25)21(12)2)14-9-19-22(11-14)10-13-7-5-4-6-8-13/h4-9,11,16H,10H2,1-3H3,(H,20,25). The number of carbonyl (C=O) groups excluding carboxylic acids is 1. The van der Waals surface area contributed by atoms with Gasteiger partial charge in [-0.05, 0) is 24.7 Å². The molecule has 1 aromatic heterocycles. The molecule has 1 aliphatic heterocycles. The van der Waals surface area contributed by atoms with Gasteiger partial charge in [0.1, 0.15) is 0 Å². The van der Waals surface area contributed by atoms with Gasteiger partial charge in [0.05, 0.1) is 31.5 Å². The number of methoxy groups -OCH3 is 1. The summed E-state index contributed by atoms with van der Waals surface area (Å²) in [7, 11) is 3.20. The Hall–Kier alpha value is -2.67. The summed E-state index contributed by atoms with van der Waals surface area (Å²) in [6.07, 6.45) is 3.68. The van der Waals surface area contributed by atoms with Crippen LogP contribution < -0.4 is 5.32 Å². The number of nitrogens with zero attached hydrogens (tertiary/aromatic N) is 3. The second-order valence-corrected chi connectivity index (χ2v) is 6.28. The van der Waals surface area contributed by atoms with E-state index in [0.29, 0.717) is 17.2 Å². The van der Waals surface area contributed by atoms with Crippen LogP contribution in [0.5, 0.6) is 0 Å². The monoisotopic (exact) mass is 356 g/mol. The van der Waals surface area contributed by atoms with Crippen LogP contribution in [-0.4, -0.2) is 39.9 Å². The first kappa shape index (κ1) is 17.2. The minimum Gasteiger partial charge on any atom is -0.466 e. The van der Waals surface area contributed by atoms with E-state index >= 15 is 0 Å². The van der Waals surface area contributed by atoms with Crippen molar-refractivity contribution in [1.82, 2.24) is 20.0 Å². The number of allylic oxidation sites excluding steroid dienone is 1. The van der Waals surface area contributed by atoms with E-state index in [0.717, 1.165) is 16.8 Å². The fraction of sp³-hybridized carbons (Fsp3) is 0.278. The van der Waals surface area contributed by atoms with Gasteiger partial charge in [-0.1, -0.05) is 30.3 Å². The predicted octanol–water partition coefficient (Wildman–Crippen LogP) is 2.24. The van der Waals surface area contributed by atoms with Crippen LogP contribution in [0.25, 0.3) is 0 Å². The van der Waals surface area contributed by atoms with E-state index in [9.17, 15) is 4.79 Å². The van der Waals surface area contributed by atoms with Crippen LogP contribution in [0.1, 0.15) is 24.1 Å². The number of nitrogens with one attached hydrogen (secondary N) is 1. The van der Waals surface area contributed by atoms with Crippen LogP contribution in [-0.2, 0) is 16.1 Å². The van der Waals surface area contributed by atoms with Gasteiger partial charge in [0.2, 0.25) is 0 Å². The smallest absolute Gasteiger partial charge is 0.337 e. The molecule has 0 fully saturated rings. The van der Waals surface area contributed by atoms with E-state index in [-0.39, 0.29) is 12.0 Å². The lowest BCUT2D eigenvalue weighted by atomic mass is 9.97. The number of hydrogen-bond donors (Lipinski definition) is 1. The molecule has 0 aliphatic carbocycles. The molecule has 1 N–H and O–H groups in total. The van der Waals surface area contributed by atoms with Gasteiger partial charge in [-0.3, -0.25) is 4.68 Å². The van der Waals surface area contributed by atoms with E-state index in [2.05, 4.69) is 10.4 Å². The minimum atomic E-state index is -0.375. The van der Waals surface area contributed by atoms with Crippen molar-refractivity contribution >= 4 is 23.3 Å². The molecule has 3 rings (SSSR count). The first-order valence-electron chi connectivity index (χ1n) is 7.91. The number of rotatable bonds is 4. The first-order chi connectivity index (χ1) is 12.0. The molecule has 2 heterocycles. The number of benzene rings is 1. The molecule has 0 saturated carbocycles. The van der Waals surface area contributed by atoms with Crippen LogP contribution >= 0.6 is 12.2 Å². The first-order valence-corrected chi connectivity index (χ1v) is 8.31. The van der Waals surface area contributed by atoms with Gasteiger partial charge in [0.15, 0.2) is 5.11 Å². The lowest BCUT2D eigenvalue weighted by Gasteiger charge is -2.34. The fourth-order valence-corrected chi connectivity index (χ4v) is 3.10. The summed E-state index contributed by atoms with van der Waals surface area (Å²) < 4.78 is 6.81. The van der Waals surface area contributed by atoms with Crippen molar-refractivity contribution in [1.29, 1.82) is 0 Å². The molecule has 130 valence electrons. The third-order valence-electron chi connectivity index (χ3n) is 4.33. The Morgan fingerprint density at radius 2 is 2.08 bits per heavy atom. The van der Waals surface area contributed by atoms with Gasteiger partial charge in [-0.15, -0.1) is 0 Å². The average Bonchev–Trinajstić information content (AvgIpc) is 3.08. The highest BCUT2D eigenvalue weighted by Crippen LogP contribution is 2.30. The normalized spacial score (nSPS) is 17.5. The Morgan fingerprint density at radius 3 is 2.76 bits per heavy atom. The summed E-state index contributed by atoms with van der Waals surface area (Å²) in [6.45, 7) is 2.52. The quantitative estimate of drug-likeness (QED) is 0.670. The van der Waals surface area contributed by atoms with Gasteiger partial charge in [0.25, 0.3) is 0 Å². The fourth-order valence-electron chi connectivity index (χ4n) is 2.85. The van der Waals surface area contributed by atoms with Crippen LogP contribution in [0.2, 0.25) is 0 Å². The van der Waals surface area contributed by atoms with E-state index in [4.69, 9.17) is 17.0 Å². The molecule has 6 nitrogen and oxygen atoms in total. The lowest BCUT2D eigenvalue weighted by molar-refractivity contribution is -0.136. The topological polar surface area (TPSA) is 59.4 Å².